The van der Waals surface area contributed by atoms with Crippen molar-refractivity contribution in [3.63, 3.8) is 0 Å². The molecule has 0 aliphatic carbocycles. The van der Waals surface area contributed by atoms with Crippen molar-refractivity contribution in [3.05, 3.63) is 59.7 Å². The average Bonchev–Trinajstić information content (AvgIpc) is 2.63. The molecule has 0 aliphatic rings. The van der Waals surface area contributed by atoms with Gasteiger partial charge in [0.2, 0.25) is 0 Å². The molecule has 1 atom stereocenters. The van der Waals surface area contributed by atoms with E-state index in [1.54, 1.807) is 19.1 Å². The van der Waals surface area contributed by atoms with Gasteiger partial charge in [0.15, 0.2) is 11.5 Å². The quantitative estimate of drug-likeness (QED) is 0.438. The lowest BCUT2D eigenvalue weighted by Gasteiger charge is -2.13. The van der Waals surface area contributed by atoms with Gasteiger partial charge in [0.25, 0.3) is 0 Å². The van der Waals surface area contributed by atoms with Crippen LogP contribution in [0.15, 0.2) is 53.6 Å². The van der Waals surface area contributed by atoms with Crippen molar-refractivity contribution in [1.82, 2.24) is 10.7 Å². The standard InChI is InChI=1S/C18H19N3O4/c1-12(14-6-4-3-5-7-14)20-17(23)18(24)21-19-11-13-8-9-15(22)16(10-13)25-2/h3-12,22H,1-2H3,(H,20,23)(H,21,24)/b19-11+/t12-/m1/s1. The highest BCUT2D eigenvalue weighted by atomic mass is 16.5. The van der Waals surface area contributed by atoms with E-state index in [-0.39, 0.29) is 17.5 Å². The number of methoxy groups -OCH3 is 1. The Kier molecular flexibility index (Phi) is 6.11. The normalized spacial score (nSPS) is 11.8. The van der Waals surface area contributed by atoms with Gasteiger partial charge in [-0.25, -0.2) is 5.43 Å². The van der Waals surface area contributed by atoms with Gasteiger partial charge < -0.3 is 15.2 Å². The van der Waals surface area contributed by atoms with Gasteiger partial charge in [-0.05, 0) is 36.2 Å². The average molecular weight is 341 g/mol. The molecule has 0 spiro atoms. The zero-order valence-corrected chi connectivity index (χ0v) is 13.9. The van der Waals surface area contributed by atoms with Crippen molar-refractivity contribution in [2.45, 2.75) is 13.0 Å². The number of rotatable bonds is 5. The Balaban J connectivity index is 1.90. The Hall–Kier alpha value is -3.35. The number of phenols is 1. The van der Waals surface area contributed by atoms with E-state index in [0.717, 1.165) is 5.56 Å². The van der Waals surface area contributed by atoms with Crippen molar-refractivity contribution in [1.29, 1.82) is 0 Å². The van der Waals surface area contributed by atoms with Gasteiger partial charge >= 0.3 is 11.8 Å². The lowest BCUT2D eigenvalue weighted by molar-refractivity contribution is -0.139. The number of hydrogen-bond donors (Lipinski definition) is 3. The van der Waals surface area contributed by atoms with Crippen LogP contribution < -0.4 is 15.5 Å². The number of nitrogens with one attached hydrogen (secondary N) is 2. The van der Waals surface area contributed by atoms with Gasteiger partial charge in [0.1, 0.15) is 0 Å². The highest BCUT2D eigenvalue weighted by Crippen LogP contribution is 2.25. The SMILES string of the molecule is COc1cc(/C=N/NC(=O)C(=O)N[C@H](C)c2ccccc2)ccc1O. The first-order chi connectivity index (χ1) is 12.0. The van der Waals surface area contributed by atoms with Crippen LogP contribution in [-0.4, -0.2) is 30.2 Å². The van der Waals surface area contributed by atoms with E-state index in [4.69, 9.17) is 4.74 Å². The molecule has 2 aromatic rings. The lowest BCUT2D eigenvalue weighted by atomic mass is 10.1. The summed E-state index contributed by atoms with van der Waals surface area (Å²) in [5, 5.41) is 15.8. The molecule has 2 amide bonds. The maximum absolute atomic E-state index is 11.9. The van der Waals surface area contributed by atoms with Crippen molar-refractivity contribution >= 4 is 18.0 Å². The minimum absolute atomic E-state index is 0.00189. The first-order valence-electron chi connectivity index (χ1n) is 7.57. The van der Waals surface area contributed by atoms with Crippen LogP contribution in [-0.2, 0) is 9.59 Å². The van der Waals surface area contributed by atoms with Gasteiger partial charge in [-0.15, -0.1) is 0 Å². The summed E-state index contributed by atoms with van der Waals surface area (Å²) in [5.41, 5.74) is 3.64. The van der Waals surface area contributed by atoms with Crippen LogP contribution in [0.25, 0.3) is 0 Å². The summed E-state index contributed by atoms with van der Waals surface area (Å²) >= 11 is 0. The number of benzene rings is 2. The third-order valence-corrected chi connectivity index (χ3v) is 3.44. The van der Waals surface area contributed by atoms with Gasteiger partial charge in [0.05, 0.1) is 19.4 Å². The van der Waals surface area contributed by atoms with E-state index in [2.05, 4.69) is 15.8 Å². The van der Waals surface area contributed by atoms with Crippen molar-refractivity contribution in [2.75, 3.05) is 7.11 Å². The molecule has 0 fully saturated rings. The zero-order valence-electron chi connectivity index (χ0n) is 13.9. The highest BCUT2D eigenvalue weighted by Gasteiger charge is 2.16. The molecule has 0 radical (unpaired) electrons. The number of ether oxygens (including phenoxy) is 1. The molecule has 0 bridgehead atoms. The molecule has 7 nitrogen and oxygen atoms in total. The van der Waals surface area contributed by atoms with Gasteiger partial charge in [-0.2, -0.15) is 5.10 Å². The fraction of sp³-hybridized carbons (Fsp3) is 0.167. The number of hydrogen-bond acceptors (Lipinski definition) is 5. The van der Waals surface area contributed by atoms with Crippen molar-refractivity contribution in [2.24, 2.45) is 5.10 Å². The number of hydrazone groups is 1. The van der Waals surface area contributed by atoms with Crippen LogP contribution in [0.1, 0.15) is 24.1 Å². The minimum Gasteiger partial charge on any atom is -0.504 e. The molecule has 0 saturated carbocycles. The first-order valence-corrected chi connectivity index (χ1v) is 7.57. The van der Waals surface area contributed by atoms with E-state index in [1.807, 2.05) is 30.3 Å². The fourth-order valence-corrected chi connectivity index (χ4v) is 2.08. The topological polar surface area (TPSA) is 100 Å². The number of phenolic OH excluding ortho intramolecular Hbond substituents is 1. The molecule has 130 valence electrons. The van der Waals surface area contributed by atoms with Crippen LogP contribution in [0, 0.1) is 0 Å². The Bertz CT molecular complexity index is 775. The maximum atomic E-state index is 11.9. The molecular weight excluding hydrogens is 322 g/mol. The summed E-state index contributed by atoms with van der Waals surface area (Å²) in [7, 11) is 1.43. The summed E-state index contributed by atoms with van der Waals surface area (Å²) in [5.74, 6) is -1.37. The molecule has 25 heavy (non-hydrogen) atoms. The third kappa shape index (κ3) is 5.07. The molecule has 0 saturated heterocycles. The second kappa shape index (κ2) is 8.49. The predicted octanol–water partition coefficient (Wildman–Crippen LogP) is 1.73. The van der Waals surface area contributed by atoms with Crippen LogP contribution in [0.3, 0.4) is 0 Å². The Morgan fingerprint density at radius 1 is 1.16 bits per heavy atom. The second-order valence-corrected chi connectivity index (χ2v) is 5.24. The van der Waals surface area contributed by atoms with Gasteiger partial charge in [-0.3, -0.25) is 9.59 Å². The number of aromatic hydroxyl groups is 1. The van der Waals surface area contributed by atoms with Crippen LogP contribution >= 0.6 is 0 Å². The van der Waals surface area contributed by atoms with Crippen molar-refractivity contribution in [3.8, 4) is 11.5 Å². The Labute approximate surface area is 145 Å². The zero-order chi connectivity index (χ0) is 18.2. The molecule has 0 heterocycles. The highest BCUT2D eigenvalue weighted by molar-refractivity contribution is 6.35. The van der Waals surface area contributed by atoms with E-state index in [1.165, 1.54) is 19.4 Å². The second-order valence-electron chi connectivity index (χ2n) is 5.24. The molecule has 2 rings (SSSR count). The molecule has 0 aromatic heterocycles. The van der Waals surface area contributed by atoms with E-state index < -0.39 is 11.8 Å². The number of amides is 2. The number of carbonyl (C=O) groups excluding carboxylic acids is 2. The van der Waals surface area contributed by atoms with Crippen LogP contribution in [0.2, 0.25) is 0 Å². The summed E-state index contributed by atoms with van der Waals surface area (Å²) in [6.45, 7) is 1.78. The third-order valence-electron chi connectivity index (χ3n) is 3.44. The van der Waals surface area contributed by atoms with E-state index >= 15 is 0 Å². The van der Waals surface area contributed by atoms with E-state index in [0.29, 0.717) is 5.56 Å². The Morgan fingerprint density at radius 2 is 1.88 bits per heavy atom. The number of carbonyl (C=O) groups is 2. The molecule has 2 aromatic carbocycles. The molecule has 3 N–H and O–H groups in total. The maximum Gasteiger partial charge on any atom is 0.329 e. The lowest BCUT2D eigenvalue weighted by Crippen LogP contribution is -2.39. The summed E-state index contributed by atoms with van der Waals surface area (Å²) in [4.78, 5) is 23.6. The predicted molar refractivity (Wildman–Crippen MR) is 93.4 cm³/mol. The molecule has 0 aliphatic heterocycles. The molecule has 7 heteroatoms. The monoisotopic (exact) mass is 341 g/mol. The smallest absolute Gasteiger partial charge is 0.329 e. The van der Waals surface area contributed by atoms with E-state index in [9.17, 15) is 14.7 Å². The van der Waals surface area contributed by atoms with Crippen LogP contribution in [0.5, 0.6) is 11.5 Å². The summed E-state index contributed by atoms with van der Waals surface area (Å²) in [6, 6.07) is 13.6. The molecule has 0 unspecified atom stereocenters. The van der Waals surface area contributed by atoms with Gasteiger partial charge in [-0.1, -0.05) is 30.3 Å². The molecular formula is C18H19N3O4. The summed E-state index contributed by atoms with van der Waals surface area (Å²) in [6.07, 6.45) is 1.34. The number of nitrogens with zero attached hydrogens (tertiary/aromatic N) is 1. The minimum atomic E-state index is -0.871. The van der Waals surface area contributed by atoms with Crippen molar-refractivity contribution < 1.29 is 19.4 Å². The first kappa shape index (κ1) is 18.0. The fourth-order valence-electron chi connectivity index (χ4n) is 2.08. The van der Waals surface area contributed by atoms with Gasteiger partial charge in [0, 0.05) is 0 Å². The largest absolute Gasteiger partial charge is 0.504 e. The van der Waals surface area contributed by atoms with Crippen LogP contribution in [0.4, 0.5) is 0 Å². The Morgan fingerprint density at radius 3 is 2.56 bits per heavy atom. The summed E-state index contributed by atoms with van der Waals surface area (Å²) < 4.78 is 4.97.